The van der Waals surface area contributed by atoms with E-state index in [4.69, 9.17) is 0 Å². The van der Waals surface area contributed by atoms with Gasteiger partial charge in [-0.1, -0.05) is 0 Å². The summed E-state index contributed by atoms with van der Waals surface area (Å²) in [6.45, 7) is 0. The van der Waals surface area contributed by atoms with Gasteiger partial charge in [-0.3, -0.25) is 0 Å². The molecule has 0 aromatic carbocycles. The minimum absolute atomic E-state index is 0.224. The maximum absolute atomic E-state index is 9.89. The van der Waals surface area contributed by atoms with Crippen molar-refractivity contribution in [2.75, 3.05) is 7.05 Å². The van der Waals surface area contributed by atoms with E-state index in [-0.39, 0.29) is 5.60 Å². The summed E-state index contributed by atoms with van der Waals surface area (Å²) in [6, 6.07) is 0.712. The molecule has 0 bridgehead atoms. The van der Waals surface area contributed by atoms with Crippen LogP contribution in [0.5, 0.6) is 0 Å². The predicted octanol–water partition coefficient (Wildman–Crippen LogP) is 1.29. The highest BCUT2D eigenvalue weighted by Crippen LogP contribution is 2.47. The van der Waals surface area contributed by atoms with Crippen LogP contribution in [0.1, 0.15) is 38.5 Å². The topological polar surface area (TPSA) is 32.3 Å². The molecule has 12 heavy (non-hydrogen) atoms. The lowest BCUT2D eigenvalue weighted by Gasteiger charge is -2.31. The van der Waals surface area contributed by atoms with E-state index in [0.29, 0.717) is 12.0 Å². The van der Waals surface area contributed by atoms with E-state index in [1.165, 1.54) is 25.7 Å². The van der Waals surface area contributed by atoms with E-state index in [0.717, 1.165) is 12.8 Å². The van der Waals surface area contributed by atoms with Crippen LogP contribution in [0.3, 0.4) is 0 Å². The first-order valence-electron chi connectivity index (χ1n) is 5.14. The zero-order valence-electron chi connectivity index (χ0n) is 7.84. The Morgan fingerprint density at radius 2 is 1.75 bits per heavy atom. The van der Waals surface area contributed by atoms with Crippen molar-refractivity contribution >= 4 is 0 Å². The van der Waals surface area contributed by atoms with E-state index < -0.39 is 0 Å². The molecular formula is C10H19NO. The van der Waals surface area contributed by atoms with Crippen LogP contribution in [0.2, 0.25) is 0 Å². The van der Waals surface area contributed by atoms with Crippen LogP contribution in [-0.2, 0) is 0 Å². The summed E-state index contributed by atoms with van der Waals surface area (Å²) in [4.78, 5) is 0. The van der Waals surface area contributed by atoms with Gasteiger partial charge in [-0.05, 0) is 51.5 Å². The maximum Gasteiger partial charge on any atom is 0.0678 e. The zero-order chi connectivity index (χ0) is 8.60. The van der Waals surface area contributed by atoms with Gasteiger partial charge in [-0.2, -0.15) is 0 Å². The molecule has 70 valence electrons. The van der Waals surface area contributed by atoms with Crippen molar-refractivity contribution in [2.45, 2.75) is 50.2 Å². The van der Waals surface area contributed by atoms with Crippen molar-refractivity contribution in [3.8, 4) is 0 Å². The van der Waals surface area contributed by atoms with Crippen LogP contribution < -0.4 is 5.32 Å². The molecule has 2 aliphatic rings. The Kier molecular flexibility index (Phi) is 2.13. The van der Waals surface area contributed by atoms with Crippen molar-refractivity contribution in [1.29, 1.82) is 0 Å². The van der Waals surface area contributed by atoms with Crippen LogP contribution in [0, 0.1) is 5.92 Å². The molecule has 2 rings (SSSR count). The molecule has 2 nitrogen and oxygen atoms in total. The van der Waals surface area contributed by atoms with Gasteiger partial charge in [0.15, 0.2) is 0 Å². The van der Waals surface area contributed by atoms with Crippen LogP contribution >= 0.6 is 0 Å². The van der Waals surface area contributed by atoms with Crippen molar-refractivity contribution < 1.29 is 5.11 Å². The lowest BCUT2D eigenvalue weighted by Crippen LogP contribution is -2.34. The predicted molar refractivity (Wildman–Crippen MR) is 49.0 cm³/mol. The highest BCUT2D eigenvalue weighted by Gasteiger charge is 2.47. The minimum Gasteiger partial charge on any atom is -0.390 e. The Morgan fingerprint density at radius 3 is 2.17 bits per heavy atom. The second-order valence-corrected chi connectivity index (χ2v) is 4.44. The van der Waals surface area contributed by atoms with E-state index in [1.807, 2.05) is 7.05 Å². The second-order valence-electron chi connectivity index (χ2n) is 4.44. The lowest BCUT2D eigenvalue weighted by atomic mass is 9.81. The van der Waals surface area contributed by atoms with Gasteiger partial charge < -0.3 is 10.4 Å². The summed E-state index contributed by atoms with van der Waals surface area (Å²) < 4.78 is 0. The van der Waals surface area contributed by atoms with Gasteiger partial charge in [0.25, 0.3) is 0 Å². The molecule has 0 unspecified atom stereocenters. The number of aliphatic hydroxyl groups is 1. The maximum atomic E-state index is 9.89. The number of nitrogens with one attached hydrogen (secondary N) is 1. The van der Waals surface area contributed by atoms with Gasteiger partial charge in [0.05, 0.1) is 5.60 Å². The van der Waals surface area contributed by atoms with E-state index >= 15 is 0 Å². The molecule has 0 radical (unpaired) electrons. The zero-order valence-corrected chi connectivity index (χ0v) is 7.84. The summed E-state index contributed by atoms with van der Waals surface area (Å²) >= 11 is 0. The van der Waals surface area contributed by atoms with Gasteiger partial charge in [-0.25, -0.2) is 0 Å². The third kappa shape index (κ3) is 1.50. The molecule has 0 atom stereocenters. The van der Waals surface area contributed by atoms with E-state index in [9.17, 15) is 5.11 Å². The first-order valence-corrected chi connectivity index (χ1v) is 5.14. The molecule has 2 N–H and O–H groups in total. The van der Waals surface area contributed by atoms with Gasteiger partial charge in [0.2, 0.25) is 0 Å². The van der Waals surface area contributed by atoms with Crippen LogP contribution in [0.15, 0.2) is 0 Å². The smallest absolute Gasteiger partial charge is 0.0678 e. The number of hydrogen-bond acceptors (Lipinski definition) is 2. The molecule has 2 aliphatic carbocycles. The Morgan fingerprint density at radius 1 is 1.17 bits per heavy atom. The Labute approximate surface area is 74.4 Å². The highest BCUT2D eigenvalue weighted by atomic mass is 16.3. The van der Waals surface area contributed by atoms with Gasteiger partial charge >= 0.3 is 0 Å². The Bertz CT molecular complexity index is 157. The minimum atomic E-state index is -0.224. The molecule has 0 amide bonds. The fraction of sp³-hybridized carbons (Fsp3) is 1.00. The average Bonchev–Trinajstić information content (AvgIpc) is 2.85. The van der Waals surface area contributed by atoms with Crippen LogP contribution in [0.25, 0.3) is 0 Å². The third-order valence-corrected chi connectivity index (χ3v) is 3.66. The molecule has 0 aliphatic heterocycles. The Balaban J connectivity index is 1.82. The molecule has 0 aromatic heterocycles. The monoisotopic (exact) mass is 169 g/mol. The SMILES string of the molecule is CNC1CCC(C2(O)CC2)CC1. The van der Waals surface area contributed by atoms with Crippen LogP contribution in [0.4, 0.5) is 0 Å². The highest BCUT2D eigenvalue weighted by molar-refractivity contribution is 5.00. The largest absolute Gasteiger partial charge is 0.390 e. The molecule has 2 heteroatoms. The fourth-order valence-electron chi connectivity index (χ4n) is 2.46. The molecule has 2 saturated carbocycles. The summed E-state index contributed by atoms with van der Waals surface area (Å²) in [7, 11) is 2.04. The summed E-state index contributed by atoms with van der Waals surface area (Å²) in [5.41, 5.74) is -0.224. The number of hydrogen-bond donors (Lipinski definition) is 2. The fourth-order valence-corrected chi connectivity index (χ4v) is 2.46. The average molecular weight is 169 g/mol. The molecule has 0 saturated heterocycles. The van der Waals surface area contributed by atoms with Gasteiger partial charge in [0, 0.05) is 6.04 Å². The summed E-state index contributed by atoms with van der Waals surface area (Å²) in [6.07, 6.45) is 7.07. The molecule has 0 spiro atoms. The number of rotatable bonds is 2. The summed E-state index contributed by atoms with van der Waals surface area (Å²) in [5.74, 6) is 0.613. The van der Waals surface area contributed by atoms with E-state index in [1.54, 1.807) is 0 Å². The summed E-state index contributed by atoms with van der Waals surface area (Å²) in [5, 5.41) is 13.2. The van der Waals surface area contributed by atoms with E-state index in [2.05, 4.69) is 5.32 Å². The molecular weight excluding hydrogens is 150 g/mol. The quantitative estimate of drug-likeness (QED) is 0.653. The van der Waals surface area contributed by atoms with Crippen molar-refractivity contribution in [2.24, 2.45) is 5.92 Å². The first-order chi connectivity index (χ1) is 5.74. The van der Waals surface area contributed by atoms with Gasteiger partial charge in [-0.15, -0.1) is 0 Å². The molecule has 0 aromatic rings. The standard InChI is InChI=1S/C10H19NO/c1-11-9-4-2-8(3-5-9)10(12)6-7-10/h8-9,11-12H,2-7H2,1H3. The third-order valence-electron chi connectivity index (χ3n) is 3.66. The molecule has 2 fully saturated rings. The van der Waals surface area contributed by atoms with Crippen molar-refractivity contribution in [3.63, 3.8) is 0 Å². The first kappa shape index (κ1) is 8.52. The van der Waals surface area contributed by atoms with Crippen molar-refractivity contribution in [3.05, 3.63) is 0 Å². The second kappa shape index (κ2) is 3.00. The van der Waals surface area contributed by atoms with Crippen molar-refractivity contribution in [1.82, 2.24) is 5.32 Å². The lowest BCUT2D eigenvalue weighted by molar-refractivity contribution is 0.0557. The normalized spacial score (nSPS) is 39.5. The van der Waals surface area contributed by atoms with Gasteiger partial charge in [0.1, 0.15) is 0 Å². The molecule has 0 heterocycles. The Hall–Kier alpha value is -0.0800. The van der Waals surface area contributed by atoms with Crippen LogP contribution in [-0.4, -0.2) is 23.8 Å².